The second-order valence-electron chi connectivity index (χ2n) is 7.71. The van der Waals surface area contributed by atoms with Crippen LogP contribution in [0.1, 0.15) is 29.4 Å². The molecule has 2 atom stereocenters. The predicted octanol–water partition coefficient (Wildman–Crippen LogP) is 1.66. The van der Waals surface area contributed by atoms with Gasteiger partial charge in [-0.25, -0.2) is 8.42 Å². The lowest BCUT2D eigenvalue weighted by Crippen LogP contribution is -2.44. The minimum Gasteiger partial charge on any atom is -0.485 e. The minimum absolute atomic E-state index is 0.121. The van der Waals surface area contributed by atoms with Gasteiger partial charge in [0.2, 0.25) is 6.10 Å². The smallest absolute Gasteiger partial charge is 0.267 e. The minimum atomic E-state index is -3.00. The molecule has 29 heavy (non-hydrogen) atoms. The highest BCUT2D eigenvalue weighted by Crippen LogP contribution is 2.32. The van der Waals surface area contributed by atoms with E-state index < -0.39 is 15.9 Å². The molecule has 8 nitrogen and oxygen atoms in total. The van der Waals surface area contributed by atoms with Gasteiger partial charge in [0.05, 0.1) is 23.2 Å². The summed E-state index contributed by atoms with van der Waals surface area (Å²) >= 11 is 0. The summed E-state index contributed by atoms with van der Waals surface area (Å²) in [5.74, 6) is 1.35. The highest BCUT2D eigenvalue weighted by atomic mass is 32.2. The number of amides is 1. The Morgan fingerprint density at radius 2 is 2.00 bits per heavy atom. The molecule has 1 aromatic heterocycles. The maximum absolute atomic E-state index is 12.9. The van der Waals surface area contributed by atoms with Crippen LogP contribution in [0, 0.1) is 13.8 Å². The number of ether oxygens (including phenoxy) is 2. The van der Waals surface area contributed by atoms with Crippen molar-refractivity contribution in [3.63, 3.8) is 0 Å². The highest BCUT2D eigenvalue weighted by Gasteiger charge is 2.33. The maximum Gasteiger partial charge on any atom is 0.267 e. The summed E-state index contributed by atoms with van der Waals surface area (Å²) in [5, 5.41) is 4.57. The van der Waals surface area contributed by atoms with Crippen LogP contribution in [-0.4, -0.2) is 60.3 Å². The summed E-state index contributed by atoms with van der Waals surface area (Å²) in [6.07, 6.45) is -0.129. The van der Waals surface area contributed by atoms with E-state index >= 15 is 0 Å². The van der Waals surface area contributed by atoms with E-state index in [1.54, 1.807) is 18.0 Å². The zero-order valence-corrected chi connectivity index (χ0v) is 17.6. The molecular formula is C20H25N3O5S. The number of likely N-dealkylation sites (N-methyl/N-ethyl adjacent to an activating group) is 1. The van der Waals surface area contributed by atoms with Crippen molar-refractivity contribution >= 4 is 15.7 Å². The van der Waals surface area contributed by atoms with Crippen LogP contribution in [0.2, 0.25) is 0 Å². The number of carbonyl (C=O) groups excluding carboxylic acids is 1. The Kier molecular flexibility index (Phi) is 5.02. The first kappa shape index (κ1) is 19.8. The van der Waals surface area contributed by atoms with Crippen molar-refractivity contribution in [1.82, 2.24) is 14.7 Å². The highest BCUT2D eigenvalue weighted by molar-refractivity contribution is 7.91. The molecule has 1 fully saturated rings. The molecule has 156 valence electrons. The third kappa shape index (κ3) is 3.83. The zero-order chi connectivity index (χ0) is 20.8. The van der Waals surface area contributed by atoms with E-state index in [2.05, 4.69) is 5.10 Å². The normalized spacial score (nSPS) is 22.4. The van der Waals surface area contributed by atoms with Crippen LogP contribution in [0.4, 0.5) is 0 Å². The summed E-state index contributed by atoms with van der Waals surface area (Å²) in [6, 6.07) is 7.14. The summed E-state index contributed by atoms with van der Waals surface area (Å²) < 4.78 is 36.9. The van der Waals surface area contributed by atoms with Gasteiger partial charge in [-0.3, -0.25) is 9.48 Å². The molecule has 1 amide bonds. The fourth-order valence-corrected chi connectivity index (χ4v) is 5.64. The van der Waals surface area contributed by atoms with Crippen molar-refractivity contribution in [2.45, 2.75) is 39.0 Å². The van der Waals surface area contributed by atoms with Crippen molar-refractivity contribution in [1.29, 1.82) is 0 Å². The van der Waals surface area contributed by atoms with Gasteiger partial charge < -0.3 is 14.4 Å². The van der Waals surface area contributed by atoms with Gasteiger partial charge in [0, 0.05) is 24.8 Å². The molecule has 4 rings (SSSR count). The largest absolute Gasteiger partial charge is 0.485 e. The molecule has 1 aromatic carbocycles. The molecule has 0 saturated carbocycles. The van der Waals surface area contributed by atoms with E-state index in [9.17, 15) is 13.2 Å². The lowest BCUT2D eigenvalue weighted by atomic mass is 10.1. The molecule has 2 aliphatic rings. The van der Waals surface area contributed by atoms with Gasteiger partial charge >= 0.3 is 0 Å². The Bertz CT molecular complexity index is 1050. The molecule has 0 bridgehead atoms. The predicted molar refractivity (Wildman–Crippen MR) is 107 cm³/mol. The van der Waals surface area contributed by atoms with Crippen LogP contribution >= 0.6 is 0 Å². The van der Waals surface area contributed by atoms with Crippen molar-refractivity contribution in [3.8, 4) is 11.5 Å². The molecule has 0 spiro atoms. The third-order valence-electron chi connectivity index (χ3n) is 5.58. The molecule has 0 N–H and O–H groups in total. The molecular weight excluding hydrogens is 394 g/mol. The van der Waals surface area contributed by atoms with Crippen molar-refractivity contribution in [2.75, 3.05) is 25.2 Å². The number of fused-ring (bicyclic) bond motifs is 1. The van der Waals surface area contributed by atoms with Gasteiger partial charge in [0.25, 0.3) is 5.91 Å². The number of aryl methyl sites for hydroxylation is 1. The maximum atomic E-state index is 12.9. The Hall–Kier alpha value is -2.55. The fraction of sp³-hybridized carbons (Fsp3) is 0.500. The van der Waals surface area contributed by atoms with E-state index in [-0.39, 0.29) is 30.1 Å². The molecule has 0 radical (unpaired) electrons. The first-order valence-corrected chi connectivity index (χ1v) is 11.5. The van der Waals surface area contributed by atoms with E-state index in [1.165, 1.54) is 0 Å². The monoisotopic (exact) mass is 419 g/mol. The van der Waals surface area contributed by atoms with Crippen LogP contribution < -0.4 is 9.47 Å². The number of carbonyl (C=O) groups is 1. The summed E-state index contributed by atoms with van der Waals surface area (Å²) in [6.45, 7) is 4.35. The number of rotatable bonds is 4. The van der Waals surface area contributed by atoms with Crippen LogP contribution in [-0.2, 0) is 21.2 Å². The van der Waals surface area contributed by atoms with Gasteiger partial charge in [-0.15, -0.1) is 0 Å². The Labute approximate surface area is 170 Å². The van der Waals surface area contributed by atoms with Crippen molar-refractivity contribution < 1.29 is 22.7 Å². The second kappa shape index (κ2) is 7.37. The van der Waals surface area contributed by atoms with Gasteiger partial charge in [-0.1, -0.05) is 12.1 Å². The lowest BCUT2D eigenvalue weighted by molar-refractivity contribution is -0.140. The Balaban J connectivity index is 1.47. The summed E-state index contributed by atoms with van der Waals surface area (Å²) in [4.78, 5) is 14.5. The molecule has 3 heterocycles. The quantitative estimate of drug-likeness (QED) is 0.749. The Morgan fingerprint density at radius 1 is 1.28 bits per heavy atom. The van der Waals surface area contributed by atoms with E-state index in [0.717, 1.165) is 17.0 Å². The molecule has 9 heteroatoms. The number of sulfone groups is 1. The molecule has 1 saturated heterocycles. The van der Waals surface area contributed by atoms with Crippen LogP contribution in [0.15, 0.2) is 24.3 Å². The first-order chi connectivity index (χ1) is 13.7. The van der Waals surface area contributed by atoms with Gasteiger partial charge in [0.15, 0.2) is 21.3 Å². The number of para-hydroxylation sites is 2. The fourth-order valence-electron chi connectivity index (χ4n) is 3.95. The summed E-state index contributed by atoms with van der Waals surface area (Å²) in [7, 11) is -1.27. The number of hydrogen-bond donors (Lipinski definition) is 0. The molecule has 0 aliphatic carbocycles. The Morgan fingerprint density at radius 3 is 2.69 bits per heavy atom. The number of aromatic nitrogens is 2. The van der Waals surface area contributed by atoms with Crippen molar-refractivity contribution in [2.24, 2.45) is 0 Å². The average Bonchev–Trinajstić information content (AvgIpc) is 3.20. The van der Waals surface area contributed by atoms with Crippen molar-refractivity contribution in [3.05, 3.63) is 41.2 Å². The zero-order valence-electron chi connectivity index (χ0n) is 16.8. The van der Waals surface area contributed by atoms with Gasteiger partial charge in [-0.2, -0.15) is 5.10 Å². The molecule has 2 aliphatic heterocycles. The van der Waals surface area contributed by atoms with E-state index in [0.29, 0.717) is 24.5 Å². The van der Waals surface area contributed by atoms with Crippen LogP contribution in [0.25, 0.3) is 0 Å². The third-order valence-corrected chi connectivity index (χ3v) is 7.34. The topological polar surface area (TPSA) is 90.7 Å². The lowest BCUT2D eigenvalue weighted by Gasteiger charge is -2.29. The number of hydrogen-bond acceptors (Lipinski definition) is 6. The second-order valence-corrected chi connectivity index (χ2v) is 9.94. The average molecular weight is 420 g/mol. The molecule has 2 aromatic rings. The standard InChI is InChI=1S/C20H25N3O5S/c1-13-16(14(2)23(21-13)15-8-9-29(25,26)12-15)10-22(3)20(24)19-11-27-17-6-4-5-7-18(17)28-19/h4-7,15,19H,8-12H2,1-3H3/t15-,19-/m0/s1. The first-order valence-electron chi connectivity index (χ1n) is 9.63. The number of benzene rings is 1. The van der Waals surface area contributed by atoms with Crippen LogP contribution in [0.3, 0.4) is 0 Å². The van der Waals surface area contributed by atoms with Crippen LogP contribution in [0.5, 0.6) is 11.5 Å². The number of nitrogens with zero attached hydrogens (tertiary/aromatic N) is 3. The summed E-state index contributed by atoms with van der Waals surface area (Å²) in [5.41, 5.74) is 2.63. The van der Waals surface area contributed by atoms with E-state index in [4.69, 9.17) is 9.47 Å². The van der Waals surface area contributed by atoms with Gasteiger partial charge in [-0.05, 0) is 32.4 Å². The van der Waals surface area contributed by atoms with E-state index in [1.807, 2.05) is 36.7 Å². The SMILES string of the molecule is Cc1nn([C@H]2CCS(=O)(=O)C2)c(C)c1CN(C)C(=O)[C@@H]1COc2ccccc2O1. The van der Waals surface area contributed by atoms with Gasteiger partial charge in [0.1, 0.15) is 6.61 Å². The molecule has 0 unspecified atom stereocenters.